The van der Waals surface area contributed by atoms with E-state index in [0.29, 0.717) is 30.4 Å². The van der Waals surface area contributed by atoms with Crippen LogP contribution in [0.1, 0.15) is 32.8 Å². The van der Waals surface area contributed by atoms with Gasteiger partial charge in [0.05, 0.1) is 18.9 Å². The molecule has 0 fully saturated rings. The van der Waals surface area contributed by atoms with Crippen molar-refractivity contribution in [3.63, 3.8) is 0 Å². The normalized spacial score (nSPS) is 14.8. The second-order valence-corrected chi connectivity index (χ2v) is 6.68. The SMILES string of the molecule is CCCOc1ccc(OCC(=O)Nc2cc3c(cc2OCC)C[C@H](C)O3)cc1. The van der Waals surface area contributed by atoms with Crippen molar-refractivity contribution in [1.82, 2.24) is 0 Å². The van der Waals surface area contributed by atoms with Crippen LogP contribution in [0.3, 0.4) is 0 Å². The Bertz CT molecular complexity index is 803. The highest BCUT2D eigenvalue weighted by Gasteiger charge is 2.22. The molecule has 0 saturated carbocycles. The topological polar surface area (TPSA) is 66.0 Å². The molecule has 1 aliphatic heterocycles. The lowest BCUT2D eigenvalue weighted by Crippen LogP contribution is -2.20. The third-order valence-electron chi connectivity index (χ3n) is 4.24. The number of carbonyl (C=O) groups is 1. The van der Waals surface area contributed by atoms with Gasteiger partial charge >= 0.3 is 0 Å². The maximum absolute atomic E-state index is 12.4. The number of carbonyl (C=O) groups excluding carboxylic acids is 1. The molecule has 1 atom stereocenters. The highest BCUT2D eigenvalue weighted by Crippen LogP contribution is 2.38. The fourth-order valence-corrected chi connectivity index (χ4v) is 3.00. The van der Waals surface area contributed by atoms with Crippen molar-refractivity contribution >= 4 is 11.6 Å². The van der Waals surface area contributed by atoms with E-state index in [2.05, 4.69) is 12.2 Å². The van der Waals surface area contributed by atoms with E-state index in [9.17, 15) is 4.79 Å². The van der Waals surface area contributed by atoms with Gasteiger partial charge in [0.1, 0.15) is 29.1 Å². The van der Waals surface area contributed by atoms with Gasteiger partial charge in [0.2, 0.25) is 0 Å². The predicted molar refractivity (Wildman–Crippen MR) is 108 cm³/mol. The molecule has 0 bridgehead atoms. The van der Waals surface area contributed by atoms with Gasteiger partial charge in [-0.25, -0.2) is 0 Å². The minimum absolute atomic E-state index is 0.102. The molecule has 0 saturated heterocycles. The van der Waals surface area contributed by atoms with E-state index in [1.165, 1.54) is 0 Å². The molecule has 1 heterocycles. The van der Waals surface area contributed by atoms with Crippen LogP contribution >= 0.6 is 0 Å². The highest BCUT2D eigenvalue weighted by atomic mass is 16.5. The van der Waals surface area contributed by atoms with Crippen molar-refractivity contribution in [1.29, 1.82) is 0 Å². The monoisotopic (exact) mass is 385 g/mol. The van der Waals surface area contributed by atoms with Gasteiger partial charge in [-0.1, -0.05) is 6.92 Å². The smallest absolute Gasteiger partial charge is 0.262 e. The maximum atomic E-state index is 12.4. The summed E-state index contributed by atoms with van der Waals surface area (Å²) in [6.07, 6.45) is 1.92. The third kappa shape index (κ3) is 5.09. The number of fused-ring (bicyclic) bond motifs is 1. The van der Waals surface area contributed by atoms with Gasteiger partial charge in [-0.15, -0.1) is 0 Å². The van der Waals surface area contributed by atoms with Crippen LogP contribution < -0.4 is 24.3 Å². The molecule has 1 amide bonds. The third-order valence-corrected chi connectivity index (χ3v) is 4.24. The second kappa shape index (κ2) is 9.35. The first-order valence-electron chi connectivity index (χ1n) is 9.71. The van der Waals surface area contributed by atoms with Gasteiger partial charge < -0.3 is 24.3 Å². The van der Waals surface area contributed by atoms with E-state index in [0.717, 1.165) is 29.9 Å². The first-order chi connectivity index (χ1) is 13.6. The zero-order chi connectivity index (χ0) is 19.9. The summed E-state index contributed by atoms with van der Waals surface area (Å²) in [6.45, 7) is 7.07. The van der Waals surface area contributed by atoms with Crippen molar-refractivity contribution in [2.24, 2.45) is 0 Å². The molecule has 0 radical (unpaired) electrons. The Labute approximate surface area is 165 Å². The van der Waals surface area contributed by atoms with Crippen LogP contribution in [0.5, 0.6) is 23.0 Å². The maximum Gasteiger partial charge on any atom is 0.262 e. The lowest BCUT2D eigenvalue weighted by molar-refractivity contribution is -0.118. The molecule has 6 heteroatoms. The van der Waals surface area contributed by atoms with Crippen molar-refractivity contribution < 1.29 is 23.7 Å². The molecule has 3 rings (SSSR count). The molecule has 1 aliphatic rings. The fraction of sp³-hybridized carbons (Fsp3) is 0.409. The molecule has 0 spiro atoms. The molecule has 6 nitrogen and oxygen atoms in total. The Hall–Kier alpha value is -2.89. The average Bonchev–Trinajstić information content (AvgIpc) is 3.05. The summed E-state index contributed by atoms with van der Waals surface area (Å²) in [4.78, 5) is 12.4. The summed E-state index contributed by atoms with van der Waals surface area (Å²) in [6, 6.07) is 11.0. The van der Waals surface area contributed by atoms with E-state index < -0.39 is 0 Å². The number of ether oxygens (including phenoxy) is 4. The van der Waals surface area contributed by atoms with Crippen molar-refractivity contribution in [3.8, 4) is 23.0 Å². The largest absolute Gasteiger partial charge is 0.494 e. The van der Waals surface area contributed by atoms with Gasteiger partial charge in [-0.2, -0.15) is 0 Å². The van der Waals surface area contributed by atoms with Crippen LogP contribution in [0.4, 0.5) is 5.69 Å². The van der Waals surface area contributed by atoms with Gasteiger partial charge in [-0.3, -0.25) is 4.79 Å². The number of hydrogen-bond acceptors (Lipinski definition) is 5. The number of benzene rings is 2. The van der Waals surface area contributed by atoms with E-state index in [4.69, 9.17) is 18.9 Å². The van der Waals surface area contributed by atoms with Crippen LogP contribution in [0.2, 0.25) is 0 Å². The highest BCUT2D eigenvalue weighted by molar-refractivity contribution is 5.93. The average molecular weight is 385 g/mol. The van der Waals surface area contributed by atoms with Gasteiger partial charge in [0.25, 0.3) is 5.91 Å². The lowest BCUT2D eigenvalue weighted by Gasteiger charge is -2.14. The van der Waals surface area contributed by atoms with Crippen molar-refractivity contribution in [2.75, 3.05) is 25.1 Å². The Kier molecular flexibility index (Phi) is 6.63. The standard InChI is InChI=1S/C22H27NO5/c1-4-10-26-17-6-8-18(9-7-17)27-14-22(24)23-19-13-20-16(11-15(3)28-20)12-21(19)25-5-2/h6-9,12-13,15H,4-5,10-11,14H2,1-3H3,(H,23,24)/t15-/m0/s1. The molecule has 2 aromatic rings. The number of rotatable bonds is 9. The Balaban J connectivity index is 1.59. The van der Waals surface area contributed by atoms with Crippen LogP contribution in [0.15, 0.2) is 36.4 Å². The Morgan fingerprint density at radius 1 is 1.11 bits per heavy atom. The molecule has 150 valence electrons. The molecule has 28 heavy (non-hydrogen) atoms. The van der Waals surface area contributed by atoms with Crippen LogP contribution in [-0.2, 0) is 11.2 Å². The van der Waals surface area contributed by atoms with E-state index in [1.54, 1.807) is 12.1 Å². The summed E-state index contributed by atoms with van der Waals surface area (Å²) in [7, 11) is 0. The minimum Gasteiger partial charge on any atom is -0.494 e. The molecule has 0 unspecified atom stereocenters. The number of hydrogen-bond donors (Lipinski definition) is 1. The Morgan fingerprint density at radius 2 is 1.82 bits per heavy atom. The molecular formula is C22H27NO5. The molecule has 0 aromatic heterocycles. The number of nitrogens with one attached hydrogen (secondary N) is 1. The zero-order valence-electron chi connectivity index (χ0n) is 16.6. The van der Waals surface area contributed by atoms with Gasteiger partial charge in [0, 0.05) is 18.1 Å². The number of amides is 1. The van der Waals surface area contributed by atoms with Crippen molar-refractivity contribution in [2.45, 2.75) is 39.7 Å². The molecule has 1 N–H and O–H groups in total. The molecule has 2 aromatic carbocycles. The second-order valence-electron chi connectivity index (χ2n) is 6.68. The quantitative estimate of drug-likeness (QED) is 0.700. The molecular weight excluding hydrogens is 358 g/mol. The van der Waals surface area contributed by atoms with Gasteiger partial charge in [-0.05, 0) is 50.6 Å². The summed E-state index contributed by atoms with van der Waals surface area (Å²) < 4.78 is 22.6. The van der Waals surface area contributed by atoms with E-state index in [-0.39, 0.29) is 18.6 Å². The number of anilines is 1. The van der Waals surface area contributed by atoms with Gasteiger partial charge in [0.15, 0.2) is 6.61 Å². The zero-order valence-corrected chi connectivity index (χ0v) is 16.6. The van der Waals surface area contributed by atoms with Crippen molar-refractivity contribution in [3.05, 3.63) is 42.0 Å². The van der Waals surface area contributed by atoms with Crippen LogP contribution in [0, 0.1) is 0 Å². The summed E-state index contributed by atoms with van der Waals surface area (Å²) in [5, 5.41) is 2.86. The lowest BCUT2D eigenvalue weighted by atomic mass is 10.1. The van der Waals surface area contributed by atoms with E-state index in [1.807, 2.05) is 38.1 Å². The molecule has 0 aliphatic carbocycles. The van der Waals surface area contributed by atoms with Crippen LogP contribution in [-0.4, -0.2) is 31.8 Å². The predicted octanol–water partition coefficient (Wildman–Crippen LogP) is 4.22. The summed E-state index contributed by atoms with van der Waals surface area (Å²) in [5.41, 5.74) is 1.68. The fourth-order valence-electron chi connectivity index (χ4n) is 3.00. The first kappa shape index (κ1) is 19.9. The van der Waals surface area contributed by atoms with E-state index >= 15 is 0 Å². The summed E-state index contributed by atoms with van der Waals surface area (Å²) in [5.74, 6) is 2.56. The van der Waals surface area contributed by atoms with Crippen LogP contribution in [0.25, 0.3) is 0 Å². The first-order valence-corrected chi connectivity index (χ1v) is 9.71. The minimum atomic E-state index is -0.266. The summed E-state index contributed by atoms with van der Waals surface area (Å²) >= 11 is 0. The Morgan fingerprint density at radius 3 is 2.50 bits per heavy atom.